The lowest BCUT2D eigenvalue weighted by Gasteiger charge is -2.29. The van der Waals surface area contributed by atoms with Crippen molar-refractivity contribution in [3.05, 3.63) is 29.3 Å². The predicted molar refractivity (Wildman–Crippen MR) is 83.9 cm³/mol. The molecule has 2 N–H and O–H groups in total. The van der Waals surface area contributed by atoms with Crippen LogP contribution in [0.3, 0.4) is 0 Å². The van der Waals surface area contributed by atoms with Crippen molar-refractivity contribution < 1.29 is 4.74 Å². The van der Waals surface area contributed by atoms with Crippen molar-refractivity contribution in [3.63, 3.8) is 0 Å². The summed E-state index contributed by atoms with van der Waals surface area (Å²) >= 11 is 5.15. The van der Waals surface area contributed by atoms with Crippen LogP contribution in [0, 0.1) is 12.8 Å². The molecule has 0 unspecified atom stereocenters. The summed E-state index contributed by atoms with van der Waals surface area (Å²) in [5.41, 5.74) is 9.16. The second kappa shape index (κ2) is 6.35. The van der Waals surface area contributed by atoms with Crippen molar-refractivity contribution in [3.8, 4) is 0 Å². The Labute approximate surface area is 120 Å². The molecule has 1 heterocycles. The van der Waals surface area contributed by atoms with Gasteiger partial charge in [-0.05, 0) is 43.4 Å². The van der Waals surface area contributed by atoms with E-state index < -0.39 is 0 Å². The highest BCUT2D eigenvalue weighted by Gasteiger charge is 2.18. The highest BCUT2D eigenvalue weighted by atomic mass is 32.1. The summed E-state index contributed by atoms with van der Waals surface area (Å²) in [6, 6.07) is 6.24. The number of benzene rings is 1. The second-order valence-electron chi connectivity index (χ2n) is 5.32. The average Bonchev–Trinajstić information content (AvgIpc) is 2.39. The smallest absolute Gasteiger partial charge is 0.106 e. The Hall–Kier alpha value is -1.13. The number of nitrogens with zero attached hydrogens (tertiary/aromatic N) is 1. The van der Waals surface area contributed by atoms with Crippen molar-refractivity contribution >= 4 is 22.9 Å². The van der Waals surface area contributed by atoms with Gasteiger partial charge in [-0.25, -0.2) is 0 Å². The lowest BCUT2D eigenvalue weighted by atomic mass is 9.99. The number of aryl methyl sites for hydroxylation is 1. The van der Waals surface area contributed by atoms with E-state index in [2.05, 4.69) is 31.0 Å². The zero-order chi connectivity index (χ0) is 13.8. The van der Waals surface area contributed by atoms with E-state index >= 15 is 0 Å². The molecule has 1 aromatic carbocycles. The molecule has 3 nitrogen and oxygen atoms in total. The summed E-state index contributed by atoms with van der Waals surface area (Å²) in [6.45, 7) is 4.89. The van der Waals surface area contributed by atoms with Crippen LogP contribution in [0.5, 0.6) is 0 Å². The van der Waals surface area contributed by atoms with Crippen molar-refractivity contribution in [2.75, 3.05) is 31.7 Å². The Kier molecular flexibility index (Phi) is 4.77. The molecular weight excluding hydrogens is 256 g/mol. The monoisotopic (exact) mass is 278 g/mol. The lowest BCUT2D eigenvalue weighted by Crippen LogP contribution is -2.31. The first-order valence-electron chi connectivity index (χ1n) is 6.77. The maximum Gasteiger partial charge on any atom is 0.106 e. The van der Waals surface area contributed by atoms with Crippen molar-refractivity contribution in [2.45, 2.75) is 19.8 Å². The number of thiocarbonyl (C=S) groups is 1. The molecule has 0 bridgehead atoms. The van der Waals surface area contributed by atoms with Crippen molar-refractivity contribution in [1.29, 1.82) is 0 Å². The third-order valence-electron chi connectivity index (χ3n) is 3.70. The fourth-order valence-electron chi connectivity index (χ4n) is 2.58. The van der Waals surface area contributed by atoms with E-state index in [1.807, 2.05) is 6.07 Å². The average molecular weight is 278 g/mol. The van der Waals surface area contributed by atoms with E-state index in [0.29, 0.717) is 10.9 Å². The molecule has 1 aliphatic rings. The predicted octanol–water partition coefficient (Wildman–Crippen LogP) is 2.49. The van der Waals surface area contributed by atoms with Gasteiger partial charge in [-0.2, -0.15) is 0 Å². The van der Waals surface area contributed by atoms with E-state index in [-0.39, 0.29) is 0 Å². The summed E-state index contributed by atoms with van der Waals surface area (Å²) in [7, 11) is 2.12. The Morgan fingerprint density at radius 1 is 1.42 bits per heavy atom. The number of rotatable bonds is 4. The molecule has 0 aromatic heterocycles. The van der Waals surface area contributed by atoms with E-state index in [1.54, 1.807) is 0 Å². The van der Waals surface area contributed by atoms with Gasteiger partial charge in [0.05, 0.1) is 0 Å². The van der Waals surface area contributed by atoms with Gasteiger partial charge in [-0.1, -0.05) is 18.3 Å². The summed E-state index contributed by atoms with van der Waals surface area (Å²) < 4.78 is 5.41. The number of hydrogen-bond donors (Lipinski definition) is 1. The zero-order valence-corrected chi connectivity index (χ0v) is 12.5. The van der Waals surface area contributed by atoms with Crippen LogP contribution < -0.4 is 10.6 Å². The topological polar surface area (TPSA) is 38.5 Å². The molecule has 1 fully saturated rings. The molecule has 0 atom stereocenters. The van der Waals surface area contributed by atoms with Crippen LogP contribution in [0.15, 0.2) is 18.2 Å². The zero-order valence-electron chi connectivity index (χ0n) is 11.7. The van der Waals surface area contributed by atoms with Gasteiger partial charge in [0.2, 0.25) is 0 Å². The maximum absolute atomic E-state index is 5.82. The van der Waals surface area contributed by atoms with E-state index in [4.69, 9.17) is 22.7 Å². The van der Waals surface area contributed by atoms with Gasteiger partial charge in [0.15, 0.2) is 0 Å². The molecule has 0 amide bonds. The van der Waals surface area contributed by atoms with Crippen molar-refractivity contribution in [1.82, 2.24) is 0 Å². The van der Waals surface area contributed by atoms with Crippen LogP contribution in [0.1, 0.15) is 24.0 Å². The Balaban J connectivity index is 2.14. The minimum atomic E-state index is 0.467. The fraction of sp³-hybridized carbons (Fsp3) is 0.533. The van der Waals surface area contributed by atoms with E-state index in [9.17, 15) is 0 Å². The van der Waals surface area contributed by atoms with E-state index in [0.717, 1.165) is 43.9 Å². The Bertz CT molecular complexity index is 455. The number of nitrogens with two attached hydrogens (primary N) is 1. The molecule has 19 heavy (non-hydrogen) atoms. The Morgan fingerprint density at radius 3 is 2.74 bits per heavy atom. The summed E-state index contributed by atoms with van der Waals surface area (Å²) in [5, 5.41) is 0. The van der Waals surface area contributed by atoms with Gasteiger partial charge in [-0.3, -0.25) is 0 Å². The highest BCUT2D eigenvalue weighted by molar-refractivity contribution is 7.80. The number of ether oxygens (including phenoxy) is 1. The minimum Gasteiger partial charge on any atom is -0.389 e. The van der Waals surface area contributed by atoms with Crippen LogP contribution in [0.25, 0.3) is 0 Å². The van der Waals surface area contributed by atoms with Crippen LogP contribution in [-0.2, 0) is 4.74 Å². The summed E-state index contributed by atoms with van der Waals surface area (Å²) in [6.07, 6.45) is 2.27. The first-order chi connectivity index (χ1) is 9.08. The molecule has 0 saturated carbocycles. The first-order valence-corrected chi connectivity index (χ1v) is 7.18. The number of hydrogen-bond acceptors (Lipinski definition) is 3. The normalized spacial score (nSPS) is 16.3. The molecule has 0 aliphatic carbocycles. The second-order valence-corrected chi connectivity index (χ2v) is 5.76. The van der Waals surface area contributed by atoms with Crippen LogP contribution in [-0.4, -0.2) is 31.8 Å². The third-order valence-corrected chi connectivity index (χ3v) is 3.92. The molecule has 0 spiro atoms. The molecule has 4 heteroatoms. The van der Waals surface area contributed by atoms with Gasteiger partial charge in [0.25, 0.3) is 0 Å². The lowest BCUT2D eigenvalue weighted by molar-refractivity contribution is 0.0685. The van der Waals surface area contributed by atoms with Crippen molar-refractivity contribution in [2.24, 2.45) is 11.7 Å². The van der Waals surface area contributed by atoms with Crippen LogP contribution >= 0.6 is 12.2 Å². The third kappa shape index (κ3) is 3.67. The minimum absolute atomic E-state index is 0.467. The highest BCUT2D eigenvalue weighted by Crippen LogP contribution is 2.24. The molecule has 1 aliphatic heterocycles. The maximum atomic E-state index is 5.82. The SMILES string of the molecule is Cc1ccc(C(N)=S)c(N(C)CC2CCOCC2)c1. The number of anilines is 1. The van der Waals surface area contributed by atoms with Gasteiger partial charge in [0.1, 0.15) is 4.99 Å². The van der Waals surface area contributed by atoms with Gasteiger partial charge < -0.3 is 15.4 Å². The van der Waals surface area contributed by atoms with Crippen LogP contribution in [0.4, 0.5) is 5.69 Å². The summed E-state index contributed by atoms with van der Waals surface area (Å²) in [4.78, 5) is 2.74. The van der Waals surface area contributed by atoms with Gasteiger partial charge >= 0.3 is 0 Å². The molecule has 104 valence electrons. The van der Waals surface area contributed by atoms with Gasteiger partial charge in [0, 0.05) is 38.1 Å². The molecular formula is C15H22N2OS. The first kappa shape index (κ1) is 14.3. The molecule has 1 aromatic rings. The molecule has 2 rings (SSSR count). The largest absolute Gasteiger partial charge is 0.389 e. The summed E-state index contributed by atoms with van der Waals surface area (Å²) in [5.74, 6) is 0.693. The molecule has 0 radical (unpaired) electrons. The standard InChI is InChI=1S/C15H22N2OS/c1-11-3-4-13(15(16)19)14(9-11)17(2)10-12-5-7-18-8-6-12/h3-4,9,12H,5-8,10H2,1-2H3,(H2,16,19). The Morgan fingerprint density at radius 2 is 2.11 bits per heavy atom. The van der Waals surface area contributed by atoms with E-state index in [1.165, 1.54) is 5.56 Å². The van der Waals surface area contributed by atoms with Gasteiger partial charge in [-0.15, -0.1) is 0 Å². The van der Waals surface area contributed by atoms with Crippen LogP contribution in [0.2, 0.25) is 0 Å². The molecule has 1 saturated heterocycles. The fourth-order valence-corrected chi connectivity index (χ4v) is 2.75. The quantitative estimate of drug-likeness (QED) is 0.859.